The van der Waals surface area contributed by atoms with Gasteiger partial charge in [-0.3, -0.25) is 4.79 Å². The van der Waals surface area contributed by atoms with Crippen molar-refractivity contribution in [3.05, 3.63) is 53.6 Å². The third kappa shape index (κ3) is 2.43. The van der Waals surface area contributed by atoms with Crippen molar-refractivity contribution in [1.29, 1.82) is 0 Å². The number of rotatable bonds is 2. The minimum Gasteiger partial charge on any atom is -0.508 e. The second-order valence-corrected chi connectivity index (χ2v) is 5.39. The van der Waals surface area contributed by atoms with Crippen molar-refractivity contribution >= 4 is 17.4 Å². The number of phenols is 2. The fraction of sp³-hybridized carbons (Fsp3) is 0.188. The van der Waals surface area contributed by atoms with Crippen molar-refractivity contribution in [2.24, 2.45) is 5.92 Å². The Kier molecular flexibility index (Phi) is 3.47. The summed E-state index contributed by atoms with van der Waals surface area (Å²) in [6.07, 6.45) is 0. The molecule has 0 spiro atoms. The number of hydrogen-bond acceptors (Lipinski definition) is 4. The van der Waals surface area contributed by atoms with Gasteiger partial charge in [-0.1, -0.05) is 18.2 Å². The van der Waals surface area contributed by atoms with Crippen molar-refractivity contribution in [2.75, 3.05) is 6.61 Å². The fourth-order valence-corrected chi connectivity index (χ4v) is 2.81. The molecule has 2 N–H and O–H groups in total. The van der Waals surface area contributed by atoms with Gasteiger partial charge in [0, 0.05) is 11.6 Å². The Morgan fingerprint density at radius 1 is 1.19 bits per heavy atom. The number of ketones is 1. The zero-order valence-electron chi connectivity index (χ0n) is 11.0. The molecule has 1 aliphatic rings. The van der Waals surface area contributed by atoms with Crippen LogP contribution in [0.2, 0.25) is 0 Å². The molecule has 1 aliphatic heterocycles. The number of benzene rings is 2. The predicted octanol–water partition coefficient (Wildman–Crippen LogP) is 3.27. The zero-order valence-corrected chi connectivity index (χ0v) is 11.7. The highest BCUT2D eigenvalue weighted by Gasteiger charge is 2.36. The number of Topliss-reactive ketones (excluding diaryl/α,β-unsaturated/α-hetero) is 1. The van der Waals surface area contributed by atoms with Gasteiger partial charge in [-0.25, -0.2) is 0 Å². The topological polar surface area (TPSA) is 66.8 Å². The number of ether oxygens (including phenoxy) is 1. The molecular weight excluding hydrogens is 292 g/mol. The zero-order chi connectivity index (χ0) is 15.0. The van der Waals surface area contributed by atoms with E-state index < -0.39 is 11.3 Å². The second kappa shape index (κ2) is 5.30. The monoisotopic (exact) mass is 304 g/mol. The molecule has 0 radical (unpaired) electrons. The highest BCUT2D eigenvalue weighted by atomic mass is 35.5. The van der Waals surface area contributed by atoms with E-state index in [-0.39, 0.29) is 29.5 Å². The lowest BCUT2D eigenvalue weighted by Crippen LogP contribution is -2.30. The van der Waals surface area contributed by atoms with E-state index in [0.29, 0.717) is 11.3 Å². The third-order valence-electron chi connectivity index (χ3n) is 3.57. The molecule has 0 aliphatic carbocycles. The summed E-state index contributed by atoms with van der Waals surface area (Å²) < 4.78 is 5.52. The van der Waals surface area contributed by atoms with Crippen LogP contribution < -0.4 is 4.74 Å². The van der Waals surface area contributed by atoms with Gasteiger partial charge in [0.25, 0.3) is 0 Å². The Bertz CT molecular complexity index is 698. The number of carbonyl (C=O) groups excluding carboxylic acids is 1. The molecule has 4 nitrogen and oxygen atoms in total. The second-order valence-electron chi connectivity index (χ2n) is 4.92. The normalized spacial score (nSPS) is 20.4. The molecule has 0 bridgehead atoms. The Labute approximate surface area is 126 Å². The molecule has 2 aromatic rings. The summed E-state index contributed by atoms with van der Waals surface area (Å²) in [5.41, 5.74) is 0.897. The molecule has 0 fully saturated rings. The van der Waals surface area contributed by atoms with Gasteiger partial charge in [-0.15, -0.1) is 11.6 Å². The molecule has 0 saturated carbocycles. The molecule has 1 heterocycles. The number of fused-ring (bicyclic) bond motifs is 1. The van der Waals surface area contributed by atoms with Gasteiger partial charge in [0.15, 0.2) is 5.78 Å². The van der Waals surface area contributed by atoms with E-state index in [9.17, 15) is 15.0 Å². The SMILES string of the molecule is O=C(c1ccccc1O)C1COc2cc(O)ccc2C1Cl. The number of para-hydroxylation sites is 1. The first-order valence-electron chi connectivity index (χ1n) is 6.50. The predicted molar refractivity (Wildman–Crippen MR) is 78.1 cm³/mol. The summed E-state index contributed by atoms with van der Waals surface area (Å²) in [7, 11) is 0. The maximum absolute atomic E-state index is 12.5. The van der Waals surface area contributed by atoms with E-state index in [1.807, 2.05) is 0 Å². The van der Waals surface area contributed by atoms with Gasteiger partial charge < -0.3 is 14.9 Å². The van der Waals surface area contributed by atoms with E-state index in [0.717, 1.165) is 0 Å². The van der Waals surface area contributed by atoms with Crippen molar-refractivity contribution in [2.45, 2.75) is 5.38 Å². The van der Waals surface area contributed by atoms with Gasteiger partial charge in [-0.2, -0.15) is 0 Å². The molecular formula is C16H13ClO4. The molecule has 2 unspecified atom stereocenters. The van der Waals surface area contributed by atoms with Crippen molar-refractivity contribution < 1.29 is 19.7 Å². The van der Waals surface area contributed by atoms with Crippen LogP contribution in [-0.4, -0.2) is 22.6 Å². The molecule has 3 rings (SSSR count). The number of carbonyl (C=O) groups is 1. The molecule has 2 aromatic carbocycles. The first kappa shape index (κ1) is 13.8. The maximum atomic E-state index is 12.5. The number of hydrogen-bond donors (Lipinski definition) is 2. The summed E-state index contributed by atoms with van der Waals surface area (Å²) >= 11 is 6.40. The van der Waals surface area contributed by atoms with Crippen LogP contribution in [0.3, 0.4) is 0 Å². The summed E-state index contributed by atoms with van der Waals surface area (Å²) in [6, 6.07) is 11.0. The summed E-state index contributed by atoms with van der Waals surface area (Å²) in [4.78, 5) is 12.5. The van der Waals surface area contributed by atoms with E-state index in [4.69, 9.17) is 16.3 Å². The van der Waals surface area contributed by atoms with Gasteiger partial charge in [0.05, 0.1) is 16.9 Å². The average molecular weight is 305 g/mol. The summed E-state index contributed by atoms with van der Waals surface area (Å²) in [5, 5.41) is 18.7. The van der Waals surface area contributed by atoms with Crippen molar-refractivity contribution in [3.63, 3.8) is 0 Å². The lowest BCUT2D eigenvalue weighted by molar-refractivity contribution is 0.0846. The average Bonchev–Trinajstić information content (AvgIpc) is 2.47. The smallest absolute Gasteiger partial charge is 0.174 e. The summed E-state index contributed by atoms with van der Waals surface area (Å²) in [5.74, 6) is -0.342. The lowest BCUT2D eigenvalue weighted by atomic mass is 9.89. The Morgan fingerprint density at radius 2 is 1.95 bits per heavy atom. The fourth-order valence-electron chi connectivity index (χ4n) is 2.45. The standard InChI is InChI=1S/C16H13ClO4/c17-15-11-6-5-9(18)7-14(11)21-8-12(15)16(20)10-3-1-2-4-13(10)19/h1-7,12,15,18-19H,8H2. The first-order valence-corrected chi connectivity index (χ1v) is 6.93. The van der Waals surface area contributed by atoms with Crippen LogP contribution >= 0.6 is 11.6 Å². The van der Waals surface area contributed by atoms with Crippen LogP contribution in [0.1, 0.15) is 21.3 Å². The molecule has 0 amide bonds. The van der Waals surface area contributed by atoms with Gasteiger partial charge >= 0.3 is 0 Å². The number of halogens is 1. The Balaban J connectivity index is 1.93. The highest BCUT2D eigenvalue weighted by molar-refractivity contribution is 6.23. The Morgan fingerprint density at radius 3 is 2.71 bits per heavy atom. The molecule has 2 atom stereocenters. The van der Waals surface area contributed by atoms with Crippen LogP contribution in [-0.2, 0) is 0 Å². The van der Waals surface area contributed by atoms with E-state index in [1.165, 1.54) is 18.2 Å². The van der Waals surface area contributed by atoms with Crippen molar-refractivity contribution in [1.82, 2.24) is 0 Å². The molecule has 108 valence electrons. The number of aromatic hydroxyl groups is 2. The van der Waals surface area contributed by atoms with E-state index >= 15 is 0 Å². The largest absolute Gasteiger partial charge is 0.508 e. The van der Waals surface area contributed by atoms with Crippen LogP contribution in [0.4, 0.5) is 0 Å². The van der Waals surface area contributed by atoms with E-state index in [2.05, 4.69) is 0 Å². The minimum atomic E-state index is -0.586. The third-order valence-corrected chi connectivity index (χ3v) is 4.11. The quantitative estimate of drug-likeness (QED) is 0.660. The molecule has 21 heavy (non-hydrogen) atoms. The lowest BCUT2D eigenvalue weighted by Gasteiger charge is -2.29. The number of phenolic OH excluding ortho intramolecular Hbond substituents is 2. The highest BCUT2D eigenvalue weighted by Crippen LogP contribution is 2.42. The van der Waals surface area contributed by atoms with Crippen molar-refractivity contribution in [3.8, 4) is 17.2 Å². The molecule has 0 aromatic heterocycles. The minimum absolute atomic E-state index is 0.0668. The van der Waals surface area contributed by atoms with E-state index in [1.54, 1.807) is 24.3 Å². The Hall–Kier alpha value is -2.20. The number of alkyl halides is 1. The van der Waals surface area contributed by atoms with Crippen LogP contribution in [0.15, 0.2) is 42.5 Å². The molecule has 5 heteroatoms. The van der Waals surface area contributed by atoms with Gasteiger partial charge in [0.2, 0.25) is 0 Å². The van der Waals surface area contributed by atoms with Gasteiger partial charge in [-0.05, 0) is 18.2 Å². The summed E-state index contributed by atoms with van der Waals surface area (Å²) in [6.45, 7) is 0.109. The van der Waals surface area contributed by atoms with Crippen LogP contribution in [0, 0.1) is 5.92 Å². The maximum Gasteiger partial charge on any atom is 0.174 e. The first-order chi connectivity index (χ1) is 10.1. The van der Waals surface area contributed by atoms with Gasteiger partial charge in [0.1, 0.15) is 23.9 Å². The van der Waals surface area contributed by atoms with Crippen LogP contribution in [0.25, 0.3) is 0 Å². The molecule has 0 saturated heterocycles. The van der Waals surface area contributed by atoms with Crippen LogP contribution in [0.5, 0.6) is 17.2 Å².